The van der Waals surface area contributed by atoms with E-state index in [0.29, 0.717) is 12.3 Å². The highest BCUT2D eigenvalue weighted by Gasteiger charge is 2.19. The van der Waals surface area contributed by atoms with Crippen LogP contribution < -0.4 is 5.32 Å². The molecule has 0 aromatic carbocycles. The summed E-state index contributed by atoms with van der Waals surface area (Å²) in [6.07, 6.45) is 0. The molecule has 6 heteroatoms. The highest BCUT2D eigenvalue weighted by molar-refractivity contribution is 9.10. The summed E-state index contributed by atoms with van der Waals surface area (Å²) < 4.78 is 2.69. The van der Waals surface area contributed by atoms with Gasteiger partial charge in [0.25, 0.3) is 0 Å². The third kappa shape index (κ3) is 2.79. The maximum Gasteiger partial charge on any atom is 0.244 e. The number of carbonyl (C=O) groups excluding carboxylic acids is 1. The number of aryl methyl sites for hydroxylation is 1. The van der Waals surface area contributed by atoms with Crippen LogP contribution in [0, 0.1) is 13.8 Å². The van der Waals surface area contributed by atoms with Crippen LogP contribution in [0.3, 0.4) is 0 Å². The summed E-state index contributed by atoms with van der Waals surface area (Å²) in [5, 5.41) is 7.12. The summed E-state index contributed by atoms with van der Waals surface area (Å²) >= 11 is 7.49. The molecule has 4 nitrogen and oxygen atoms in total. The van der Waals surface area contributed by atoms with Crippen molar-refractivity contribution in [1.29, 1.82) is 0 Å². The lowest BCUT2D eigenvalue weighted by Gasteiger charge is -2.13. The van der Waals surface area contributed by atoms with Gasteiger partial charge in [0.05, 0.1) is 15.9 Å². The predicted octanol–water partition coefficient (Wildman–Crippen LogP) is 1.87. The number of hydrogen-bond acceptors (Lipinski definition) is 3. The third-order valence-electron chi connectivity index (χ3n) is 2.39. The molecule has 0 aliphatic rings. The first-order valence-electron chi connectivity index (χ1n) is 5.08. The van der Waals surface area contributed by atoms with Crippen LogP contribution in [0.1, 0.15) is 24.4 Å². The van der Waals surface area contributed by atoms with Crippen LogP contribution in [0.5, 0.6) is 0 Å². The fraction of sp³-hybridized carbons (Fsp3) is 0.600. The topological polar surface area (TPSA) is 46.9 Å². The van der Waals surface area contributed by atoms with Gasteiger partial charge >= 0.3 is 0 Å². The van der Waals surface area contributed by atoms with Crippen LogP contribution in [0.2, 0.25) is 0 Å². The molecule has 0 spiro atoms. The van der Waals surface area contributed by atoms with Gasteiger partial charge in [-0.3, -0.25) is 9.48 Å². The monoisotopic (exact) mass is 305 g/mol. The lowest BCUT2D eigenvalue weighted by Crippen LogP contribution is -2.33. The van der Waals surface area contributed by atoms with Crippen LogP contribution in [-0.4, -0.2) is 28.0 Å². The first kappa shape index (κ1) is 13.6. The maximum atomic E-state index is 11.8. The fourth-order valence-corrected chi connectivity index (χ4v) is 1.83. The fourth-order valence-electron chi connectivity index (χ4n) is 1.46. The Morgan fingerprint density at radius 3 is 2.69 bits per heavy atom. The summed E-state index contributed by atoms with van der Waals surface area (Å²) in [6, 6.07) is -0.301. The number of nitrogens with zero attached hydrogens (tertiary/aromatic N) is 2. The molecule has 1 amide bonds. The van der Waals surface area contributed by atoms with Crippen LogP contribution >= 0.6 is 28.6 Å². The number of aromatic nitrogens is 2. The van der Waals surface area contributed by atoms with Gasteiger partial charge in [0.15, 0.2) is 0 Å². The Labute approximate surface area is 109 Å². The molecular formula is C10H16BrN3OS. The van der Waals surface area contributed by atoms with Crippen LogP contribution in [0.15, 0.2) is 4.47 Å². The standard InChI is InChI=1S/C10H16BrN3OS/c1-6-9(11)7(2)14(13-6)8(3)10(15)12-4-5-16/h8,16H,4-5H2,1-3H3,(H,12,15). The number of halogens is 1. The number of thiol groups is 1. The van der Waals surface area contributed by atoms with E-state index in [9.17, 15) is 4.79 Å². The lowest BCUT2D eigenvalue weighted by atomic mass is 10.3. The Hall–Kier alpha value is -0.490. The van der Waals surface area contributed by atoms with Crippen molar-refractivity contribution in [3.63, 3.8) is 0 Å². The SMILES string of the molecule is Cc1nn(C(C)C(=O)NCCS)c(C)c1Br. The zero-order valence-corrected chi connectivity index (χ0v) is 12.1. The van der Waals surface area contributed by atoms with Crippen molar-refractivity contribution in [3.8, 4) is 0 Å². The molecule has 0 aliphatic heterocycles. The zero-order valence-electron chi connectivity index (χ0n) is 9.62. The molecule has 1 aromatic heterocycles. The van der Waals surface area contributed by atoms with E-state index >= 15 is 0 Å². The summed E-state index contributed by atoms with van der Waals surface area (Å²) in [4.78, 5) is 11.8. The van der Waals surface area contributed by atoms with E-state index in [1.165, 1.54) is 0 Å². The van der Waals surface area contributed by atoms with Gasteiger partial charge in [-0.25, -0.2) is 0 Å². The predicted molar refractivity (Wildman–Crippen MR) is 71.0 cm³/mol. The smallest absolute Gasteiger partial charge is 0.244 e. The molecule has 1 unspecified atom stereocenters. The van der Waals surface area contributed by atoms with Crippen LogP contribution in [0.4, 0.5) is 0 Å². The van der Waals surface area contributed by atoms with Crippen molar-refractivity contribution < 1.29 is 4.79 Å². The number of hydrogen-bond donors (Lipinski definition) is 2. The maximum absolute atomic E-state index is 11.8. The van der Waals surface area contributed by atoms with E-state index in [2.05, 4.69) is 39.0 Å². The summed E-state index contributed by atoms with van der Waals surface area (Å²) in [7, 11) is 0. The van der Waals surface area contributed by atoms with Gasteiger partial charge in [0, 0.05) is 12.3 Å². The number of amides is 1. The van der Waals surface area contributed by atoms with E-state index in [1.807, 2.05) is 20.8 Å². The van der Waals surface area contributed by atoms with Crippen molar-refractivity contribution >= 4 is 34.5 Å². The molecule has 1 rings (SSSR count). The number of nitrogens with one attached hydrogen (secondary N) is 1. The molecule has 0 radical (unpaired) electrons. The second kappa shape index (κ2) is 5.72. The molecule has 1 atom stereocenters. The van der Waals surface area contributed by atoms with Gasteiger partial charge in [-0.2, -0.15) is 17.7 Å². The number of rotatable bonds is 4. The normalized spacial score (nSPS) is 12.6. The third-order valence-corrected chi connectivity index (χ3v) is 3.77. The molecule has 1 N–H and O–H groups in total. The molecule has 0 fully saturated rings. The molecule has 1 heterocycles. The average molecular weight is 306 g/mol. The van der Waals surface area contributed by atoms with Crippen molar-refractivity contribution in [1.82, 2.24) is 15.1 Å². The summed E-state index contributed by atoms with van der Waals surface area (Å²) in [6.45, 7) is 6.25. The Morgan fingerprint density at radius 2 is 2.25 bits per heavy atom. The first-order chi connectivity index (χ1) is 7.49. The van der Waals surface area contributed by atoms with Crippen molar-refractivity contribution in [3.05, 3.63) is 15.9 Å². The summed E-state index contributed by atoms with van der Waals surface area (Å²) in [5.41, 5.74) is 1.86. The highest BCUT2D eigenvalue weighted by atomic mass is 79.9. The van der Waals surface area contributed by atoms with Gasteiger partial charge in [-0.05, 0) is 36.7 Å². The largest absolute Gasteiger partial charge is 0.353 e. The molecule has 90 valence electrons. The Morgan fingerprint density at radius 1 is 1.62 bits per heavy atom. The summed E-state index contributed by atoms with van der Waals surface area (Å²) in [5.74, 6) is 0.603. The van der Waals surface area contributed by atoms with E-state index < -0.39 is 0 Å². The van der Waals surface area contributed by atoms with E-state index in [1.54, 1.807) is 4.68 Å². The second-order valence-electron chi connectivity index (χ2n) is 3.62. The molecular weight excluding hydrogens is 290 g/mol. The quantitative estimate of drug-likeness (QED) is 0.834. The second-order valence-corrected chi connectivity index (χ2v) is 4.86. The van der Waals surface area contributed by atoms with Crippen molar-refractivity contribution in [2.24, 2.45) is 0 Å². The van der Waals surface area contributed by atoms with Crippen LogP contribution in [-0.2, 0) is 4.79 Å². The van der Waals surface area contributed by atoms with Crippen LogP contribution in [0.25, 0.3) is 0 Å². The first-order valence-corrected chi connectivity index (χ1v) is 6.51. The lowest BCUT2D eigenvalue weighted by molar-refractivity contribution is -0.124. The Balaban J connectivity index is 2.83. The number of carbonyl (C=O) groups is 1. The highest BCUT2D eigenvalue weighted by Crippen LogP contribution is 2.22. The minimum absolute atomic E-state index is 0.0350. The van der Waals surface area contributed by atoms with Gasteiger partial charge in [0.1, 0.15) is 6.04 Å². The Bertz CT molecular complexity index is 392. The molecule has 0 saturated heterocycles. The molecule has 16 heavy (non-hydrogen) atoms. The van der Waals surface area contributed by atoms with E-state index in [0.717, 1.165) is 15.9 Å². The zero-order chi connectivity index (χ0) is 12.3. The van der Waals surface area contributed by atoms with E-state index in [4.69, 9.17) is 0 Å². The minimum Gasteiger partial charge on any atom is -0.353 e. The Kier molecular flexibility index (Phi) is 4.86. The molecule has 0 aliphatic carbocycles. The molecule has 1 aromatic rings. The van der Waals surface area contributed by atoms with E-state index in [-0.39, 0.29) is 11.9 Å². The average Bonchev–Trinajstić information content (AvgIpc) is 2.52. The van der Waals surface area contributed by atoms with Gasteiger partial charge in [-0.15, -0.1) is 0 Å². The minimum atomic E-state index is -0.301. The van der Waals surface area contributed by atoms with Crippen molar-refractivity contribution in [2.75, 3.05) is 12.3 Å². The van der Waals surface area contributed by atoms with Gasteiger partial charge in [-0.1, -0.05) is 0 Å². The van der Waals surface area contributed by atoms with Gasteiger partial charge < -0.3 is 5.32 Å². The molecule has 0 bridgehead atoms. The van der Waals surface area contributed by atoms with Crippen molar-refractivity contribution in [2.45, 2.75) is 26.8 Å². The molecule has 0 saturated carbocycles. The van der Waals surface area contributed by atoms with Gasteiger partial charge in [0.2, 0.25) is 5.91 Å².